The monoisotopic (exact) mass is 283 g/mol. The molecule has 0 bridgehead atoms. The molecule has 1 aromatic rings. The molecule has 1 amide bonds. The molecule has 0 saturated heterocycles. The molecule has 1 saturated carbocycles. The van der Waals surface area contributed by atoms with Crippen LogP contribution in [0.2, 0.25) is 5.15 Å². The topological polar surface area (TPSA) is 65.5 Å². The van der Waals surface area contributed by atoms with Crippen molar-refractivity contribution in [3.8, 4) is 0 Å². The van der Waals surface area contributed by atoms with Crippen LogP contribution >= 0.6 is 11.6 Å². The van der Waals surface area contributed by atoms with Crippen LogP contribution in [0.4, 0.5) is 5.82 Å². The summed E-state index contributed by atoms with van der Waals surface area (Å²) in [6.07, 6.45) is 1.35. The van der Waals surface area contributed by atoms with Crippen molar-refractivity contribution in [2.75, 3.05) is 26.0 Å². The summed E-state index contributed by atoms with van der Waals surface area (Å²) in [6.45, 7) is 0.657. The molecule has 104 valence electrons. The van der Waals surface area contributed by atoms with E-state index in [-0.39, 0.29) is 12.0 Å². The van der Waals surface area contributed by atoms with Gasteiger partial charge in [-0.25, -0.2) is 4.98 Å². The molecule has 0 unspecified atom stereocenters. The van der Waals surface area contributed by atoms with Crippen LogP contribution in [0.3, 0.4) is 0 Å². The van der Waals surface area contributed by atoms with Gasteiger partial charge in [0.25, 0.3) is 5.91 Å². The van der Waals surface area contributed by atoms with Crippen LogP contribution in [0.1, 0.15) is 23.2 Å². The summed E-state index contributed by atoms with van der Waals surface area (Å²) in [5, 5.41) is 12.4. The number of nitrogens with one attached hydrogen (secondary N) is 1. The van der Waals surface area contributed by atoms with E-state index >= 15 is 0 Å². The molecule has 1 aliphatic rings. The maximum atomic E-state index is 12.3. The highest BCUT2D eigenvalue weighted by molar-refractivity contribution is 6.29. The number of anilines is 1. The first-order valence-electron chi connectivity index (χ1n) is 6.28. The fraction of sp³-hybridized carbons (Fsp3) is 0.538. The zero-order chi connectivity index (χ0) is 14.0. The van der Waals surface area contributed by atoms with Gasteiger partial charge in [-0.15, -0.1) is 0 Å². The van der Waals surface area contributed by atoms with Crippen molar-refractivity contribution in [1.82, 2.24) is 9.88 Å². The summed E-state index contributed by atoms with van der Waals surface area (Å²) in [7, 11) is 3.49. The first-order valence-corrected chi connectivity index (χ1v) is 6.66. The number of aliphatic hydroxyl groups is 1. The average Bonchev–Trinajstić information content (AvgIpc) is 2.35. The third-order valence-corrected chi connectivity index (χ3v) is 3.58. The fourth-order valence-corrected chi connectivity index (χ4v) is 2.50. The molecule has 2 rings (SSSR count). The zero-order valence-electron chi connectivity index (χ0n) is 11.1. The summed E-state index contributed by atoms with van der Waals surface area (Å²) in [5.74, 6) is 0.885. The van der Waals surface area contributed by atoms with E-state index in [4.69, 9.17) is 11.6 Å². The minimum atomic E-state index is -0.195. The van der Waals surface area contributed by atoms with Crippen LogP contribution in [0.15, 0.2) is 12.1 Å². The van der Waals surface area contributed by atoms with Gasteiger partial charge in [0.2, 0.25) is 0 Å². The summed E-state index contributed by atoms with van der Waals surface area (Å²) in [5.41, 5.74) is 0.520. The average molecular weight is 284 g/mol. The highest BCUT2D eigenvalue weighted by Gasteiger charge is 2.29. The van der Waals surface area contributed by atoms with Crippen LogP contribution in [-0.4, -0.2) is 47.6 Å². The molecule has 0 aliphatic heterocycles. The molecular formula is C13H18ClN3O2. The molecule has 0 atom stereocenters. The van der Waals surface area contributed by atoms with E-state index in [1.54, 1.807) is 31.1 Å². The Bertz CT molecular complexity index is 475. The van der Waals surface area contributed by atoms with E-state index in [0.29, 0.717) is 29.0 Å². The molecule has 19 heavy (non-hydrogen) atoms. The van der Waals surface area contributed by atoms with Crippen molar-refractivity contribution in [3.05, 3.63) is 22.8 Å². The molecule has 2 N–H and O–H groups in total. The minimum Gasteiger partial charge on any atom is -0.393 e. The summed E-state index contributed by atoms with van der Waals surface area (Å²) in [4.78, 5) is 18.0. The van der Waals surface area contributed by atoms with Crippen molar-refractivity contribution in [3.63, 3.8) is 0 Å². The second-order valence-electron chi connectivity index (χ2n) is 4.99. The minimum absolute atomic E-state index is 0.0813. The predicted molar refractivity (Wildman–Crippen MR) is 74.5 cm³/mol. The third-order valence-electron chi connectivity index (χ3n) is 3.39. The molecule has 0 spiro atoms. The lowest BCUT2D eigenvalue weighted by Crippen LogP contribution is -2.39. The first kappa shape index (κ1) is 14.1. The normalized spacial score (nSPS) is 21.7. The van der Waals surface area contributed by atoms with E-state index in [1.807, 2.05) is 0 Å². The van der Waals surface area contributed by atoms with E-state index in [0.717, 1.165) is 12.8 Å². The Morgan fingerprint density at radius 1 is 1.58 bits per heavy atom. The van der Waals surface area contributed by atoms with Gasteiger partial charge in [0, 0.05) is 26.2 Å². The molecule has 6 heteroatoms. The lowest BCUT2D eigenvalue weighted by Gasteiger charge is -2.34. The third kappa shape index (κ3) is 3.36. The molecule has 0 radical (unpaired) electrons. The largest absolute Gasteiger partial charge is 0.393 e. The van der Waals surface area contributed by atoms with Gasteiger partial charge in [0.05, 0.1) is 6.10 Å². The van der Waals surface area contributed by atoms with Gasteiger partial charge in [0.1, 0.15) is 11.0 Å². The standard InChI is InChI=1S/C13H18ClN3O2/c1-15-12-6-9(5-11(14)16-12)13(19)17(2)7-8-3-10(18)4-8/h5-6,8,10,18H,3-4,7H2,1-2H3,(H,15,16). The van der Waals surface area contributed by atoms with Gasteiger partial charge in [0.15, 0.2) is 0 Å². The van der Waals surface area contributed by atoms with Crippen molar-refractivity contribution in [2.24, 2.45) is 5.92 Å². The lowest BCUT2D eigenvalue weighted by molar-refractivity contribution is 0.0265. The summed E-state index contributed by atoms with van der Waals surface area (Å²) < 4.78 is 0. The first-order chi connectivity index (χ1) is 8.99. The lowest BCUT2D eigenvalue weighted by atomic mass is 9.82. The number of hydrogen-bond donors (Lipinski definition) is 2. The maximum absolute atomic E-state index is 12.3. The van der Waals surface area contributed by atoms with Crippen LogP contribution in [-0.2, 0) is 0 Å². The number of carbonyl (C=O) groups is 1. The highest BCUT2D eigenvalue weighted by Crippen LogP contribution is 2.28. The van der Waals surface area contributed by atoms with E-state index < -0.39 is 0 Å². The molecule has 1 fully saturated rings. The van der Waals surface area contributed by atoms with Crippen LogP contribution in [0, 0.1) is 5.92 Å². The van der Waals surface area contributed by atoms with E-state index in [2.05, 4.69) is 10.3 Å². The number of nitrogens with zero attached hydrogens (tertiary/aromatic N) is 2. The smallest absolute Gasteiger partial charge is 0.253 e. The number of halogens is 1. The zero-order valence-corrected chi connectivity index (χ0v) is 11.8. The SMILES string of the molecule is CNc1cc(C(=O)N(C)CC2CC(O)C2)cc(Cl)n1. The number of aliphatic hydroxyl groups excluding tert-OH is 1. The molecule has 1 heterocycles. The van der Waals surface area contributed by atoms with Gasteiger partial charge in [-0.2, -0.15) is 0 Å². The van der Waals surface area contributed by atoms with Crippen molar-refractivity contribution >= 4 is 23.3 Å². The Hall–Kier alpha value is -1.33. The van der Waals surface area contributed by atoms with Crippen LogP contribution < -0.4 is 5.32 Å². The Morgan fingerprint density at radius 3 is 2.84 bits per heavy atom. The van der Waals surface area contributed by atoms with Crippen molar-refractivity contribution in [1.29, 1.82) is 0 Å². The number of aromatic nitrogens is 1. The number of carbonyl (C=O) groups excluding carboxylic acids is 1. The van der Waals surface area contributed by atoms with Crippen LogP contribution in [0.25, 0.3) is 0 Å². The fourth-order valence-electron chi connectivity index (χ4n) is 2.29. The van der Waals surface area contributed by atoms with Crippen molar-refractivity contribution in [2.45, 2.75) is 18.9 Å². The quantitative estimate of drug-likeness (QED) is 0.824. The Kier molecular flexibility index (Phi) is 4.27. The van der Waals surface area contributed by atoms with Crippen molar-refractivity contribution < 1.29 is 9.90 Å². The van der Waals surface area contributed by atoms with Gasteiger partial charge >= 0.3 is 0 Å². The summed E-state index contributed by atoms with van der Waals surface area (Å²) in [6, 6.07) is 3.25. The second kappa shape index (κ2) is 5.75. The Labute approximate surface area is 117 Å². The number of pyridine rings is 1. The molecule has 5 nitrogen and oxygen atoms in total. The van der Waals surface area contributed by atoms with Gasteiger partial charge in [-0.3, -0.25) is 4.79 Å². The number of hydrogen-bond acceptors (Lipinski definition) is 4. The second-order valence-corrected chi connectivity index (χ2v) is 5.38. The molecule has 0 aromatic carbocycles. The maximum Gasteiger partial charge on any atom is 0.253 e. The van der Waals surface area contributed by atoms with Crippen LogP contribution in [0.5, 0.6) is 0 Å². The molecule has 1 aliphatic carbocycles. The van der Waals surface area contributed by atoms with E-state index in [9.17, 15) is 9.90 Å². The number of rotatable bonds is 4. The molecule has 1 aromatic heterocycles. The Morgan fingerprint density at radius 2 is 2.26 bits per heavy atom. The summed E-state index contributed by atoms with van der Waals surface area (Å²) >= 11 is 5.89. The number of amides is 1. The van der Waals surface area contributed by atoms with Gasteiger partial charge in [-0.05, 0) is 30.9 Å². The van der Waals surface area contributed by atoms with Gasteiger partial charge in [-0.1, -0.05) is 11.6 Å². The van der Waals surface area contributed by atoms with E-state index in [1.165, 1.54) is 0 Å². The highest BCUT2D eigenvalue weighted by atomic mass is 35.5. The Balaban J connectivity index is 2.03. The van der Waals surface area contributed by atoms with Gasteiger partial charge < -0.3 is 15.3 Å². The predicted octanol–water partition coefficient (Wildman–Crippen LogP) is 1.62. The molecular weight excluding hydrogens is 266 g/mol.